The maximum absolute atomic E-state index is 11.3. The van der Waals surface area contributed by atoms with Crippen LogP contribution < -0.4 is 5.73 Å². The molecule has 2 atom stereocenters. The topological polar surface area (TPSA) is 55.6 Å². The van der Waals surface area contributed by atoms with E-state index in [9.17, 15) is 4.79 Å². The maximum Gasteiger partial charge on any atom is 0.410 e. The molecule has 4 nitrogen and oxygen atoms in total. The summed E-state index contributed by atoms with van der Waals surface area (Å²) in [5.74, 6) is 0. The Hall–Kier alpha value is -0.770. The normalized spacial score (nSPS) is 35.5. The Morgan fingerprint density at radius 1 is 1.67 bits per heavy atom. The standard InChI is InChI=1S/C8H14N2O2/c1-5-7(4-9)12-8(11)10(5)6-2-3-6/h5-7H,2-4,9H2,1H3. The number of carbonyl (C=O) groups is 1. The minimum atomic E-state index is -0.180. The van der Waals surface area contributed by atoms with Crippen molar-refractivity contribution in [1.29, 1.82) is 0 Å². The van der Waals surface area contributed by atoms with Gasteiger partial charge >= 0.3 is 6.09 Å². The number of cyclic esters (lactones) is 1. The van der Waals surface area contributed by atoms with E-state index in [2.05, 4.69) is 0 Å². The fraction of sp³-hybridized carbons (Fsp3) is 0.875. The average Bonchev–Trinajstić information content (AvgIpc) is 2.80. The van der Waals surface area contributed by atoms with Crippen molar-refractivity contribution >= 4 is 6.09 Å². The third kappa shape index (κ3) is 1.06. The van der Waals surface area contributed by atoms with Crippen LogP contribution in [0.5, 0.6) is 0 Å². The lowest BCUT2D eigenvalue weighted by Crippen LogP contribution is -2.38. The van der Waals surface area contributed by atoms with Crippen LogP contribution in [0.25, 0.3) is 0 Å². The molecule has 1 saturated heterocycles. The number of hydrogen-bond donors (Lipinski definition) is 1. The second-order valence-corrected chi connectivity index (χ2v) is 3.54. The lowest BCUT2D eigenvalue weighted by molar-refractivity contribution is 0.133. The first-order valence-electron chi connectivity index (χ1n) is 4.43. The third-order valence-corrected chi connectivity index (χ3v) is 2.61. The summed E-state index contributed by atoms with van der Waals surface area (Å²) in [5, 5.41) is 0. The van der Waals surface area contributed by atoms with Crippen LogP contribution in [0.4, 0.5) is 4.79 Å². The monoisotopic (exact) mass is 170 g/mol. The highest BCUT2D eigenvalue weighted by Gasteiger charge is 2.45. The van der Waals surface area contributed by atoms with E-state index in [0.29, 0.717) is 12.6 Å². The molecule has 12 heavy (non-hydrogen) atoms. The first-order valence-corrected chi connectivity index (χ1v) is 4.43. The van der Waals surface area contributed by atoms with Gasteiger partial charge in [0.05, 0.1) is 6.04 Å². The first kappa shape index (κ1) is 7.86. The molecule has 2 unspecified atom stereocenters. The summed E-state index contributed by atoms with van der Waals surface area (Å²) in [4.78, 5) is 13.1. The minimum absolute atomic E-state index is 0.0990. The molecule has 68 valence electrons. The fourth-order valence-corrected chi connectivity index (χ4v) is 1.71. The number of amides is 1. The Morgan fingerprint density at radius 3 is 2.75 bits per heavy atom. The predicted octanol–water partition coefficient (Wildman–Crippen LogP) is 0.317. The second kappa shape index (κ2) is 2.62. The Morgan fingerprint density at radius 2 is 2.33 bits per heavy atom. The first-order chi connectivity index (χ1) is 5.74. The summed E-state index contributed by atoms with van der Waals surface area (Å²) in [5.41, 5.74) is 5.47. The third-order valence-electron chi connectivity index (χ3n) is 2.61. The van der Waals surface area contributed by atoms with Crippen LogP contribution in [-0.2, 0) is 4.74 Å². The van der Waals surface area contributed by atoms with Gasteiger partial charge in [-0.05, 0) is 19.8 Å². The minimum Gasteiger partial charge on any atom is -0.443 e. The van der Waals surface area contributed by atoms with Crippen molar-refractivity contribution in [3.8, 4) is 0 Å². The van der Waals surface area contributed by atoms with Gasteiger partial charge in [-0.1, -0.05) is 0 Å². The van der Waals surface area contributed by atoms with Gasteiger partial charge in [-0.3, -0.25) is 4.90 Å². The van der Waals surface area contributed by atoms with Crippen molar-refractivity contribution in [3.63, 3.8) is 0 Å². The van der Waals surface area contributed by atoms with Gasteiger partial charge in [0, 0.05) is 12.6 Å². The smallest absolute Gasteiger partial charge is 0.410 e. The van der Waals surface area contributed by atoms with Crippen molar-refractivity contribution in [2.45, 2.75) is 38.0 Å². The molecule has 1 aliphatic heterocycles. The van der Waals surface area contributed by atoms with Crippen LogP contribution in [0.1, 0.15) is 19.8 Å². The molecule has 0 aromatic rings. The zero-order chi connectivity index (χ0) is 8.72. The molecule has 2 rings (SSSR count). The SMILES string of the molecule is CC1C(CN)OC(=O)N1C1CC1. The lowest BCUT2D eigenvalue weighted by atomic mass is 10.2. The molecule has 0 bridgehead atoms. The number of nitrogens with two attached hydrogens (primary N) is 1. The number of ether oxygens (including phenoxy) is 1. The van der Waals surface area contributed by atoms with Crippen LogP contribution >= 0.6 is 0 Å². The average molecular weight is 170 g/mol. The van der Waals surface area contributed by atoms with Crippen LogP contribution in [-0.4, -0.2) is 35.7 Å². The molecule has 1 heterocycles. The van der Waals surface area contributed by atoms with E-state index < -0.39 is 0 Å². The van der Waals surface area contributed by atoms with Crippen molar-refractivity contribution in [2.24, 2.45) is 5.73 Å². The van der Waals surface area contributed by atoms with Gasteiger partial charge < -0.3 is 10.5 Å². The molecule has 1 saturated carbocycles. The molecule has 1 aliphatic carbocycles. The van der Waals surface area contributed by atoms with Gasteiger partial charge in [0.15, 0.2) is 0 Å². The van der Waals surface area contributed by atoms with Gasteiger partial charge in [0.1, 0.15) is 6.10 Å². The van der Waals surface area contributed by atoms with E-state index in [1.807, 2.05) is 11.8 Å². The van der Waals surface area contributed by atoms with Crippen LogP contribution in [0.15, 0.2) is 0 Å². The predicted molar refractivity (Wildman–Crippen MR) is 43.6 cm³/mol. The van der Waals surface area contributed by atoms with Gasteiger partial charge in [0.2, 0.25) is 0 Å². The van der Waals surface area contributed by atoms with Gasteiger partial charge in [-0.2, -0.15) is 0 Å². The van der Waals surface area contributed by atoms with E-state index in [1.54, 1.807) is 0 Å². The highest BCUT2D eigenvalue weighted by atomic mass is 16.6. The highest BCUT2D eigenvalue weighted by Crippen LogP contribution is 2.33. The van der Waals surface area contributed by atoms with Crippen molar-refractivity contribution in [1.82, 2.24) is 4.90 Å². The number of carbonyl (C=O) groups excluding carboxylic acids is 1. The Kier molecular flexibility index (Phi) is 1.72. The molecule has 2 N–H and O–H groups in total. The van der Waals surface area contributed by atoms with Crippen LogP contribution in [0.2, 0.25) is 0 Å². The van der Waals surface area contributed by atoms with Gasteiger partial charge in [-0.15, -0.1) is 0 Å². The van der Waals surface area contributed by atoms with Crippen molar-refractivity contribution in [3.05, 3.63) is 0 Å². The van der Waals surface area contributed by atoms with Crippen LogP contribution in [0, 0.1) is 0 Å². The molecule has 2 aliphatic rings. The Balaban J connectivity index is 2.07. The zero-order valence-corrected chi connectivity index (χ0v) is 7.19. The highest BCUT2D eigenvalue weighted by molar-refractivity contribution is 5.71. The lowest BCUT2D eigenvalue weighted by Gasteiger charge is -2.18. The fourth-order valence-electron chi connectivity index (χ4n) is 1.71. The quantitative estimate of drug-likeness (QED) is 0.649. The molecule has 0 radical (unpaired) electrons. The van der Waals surface area contributed by atoms with Gasteiger partial charge in [-0.25, -0.2) is 4.79 Å². The zero-order valence-electron chi connectivity index (χ0n) is 7.19. The van der Waals surface area contributed by atoms with Crippen molar-refractivity contribution in [2.75, 3.05) is 6.54 Å². The Labute approximate surface area is 71.7 Å². The number of rotatable bonds is 2. The molecule has 2 fully saturated rings. The van der Waals surface area contributed by atoms with E-state index in [4.69, 9.17) is 10.5 Å². The van der Waals surface area contributed by atoms with Gasteiger partial charge in [0.25, 0.3) is 0 Å². The largest absolute Gasteiger partial charge is 0.443 e. The number of nitrogens with zero attached hydrogens (tertiary/aromatic N) is 1. The van der Waals surface area contributed by atoms with Crippen LogP contribution in [0.3, 0.4) is 0 Å². The molecule has 0 spiro atoms. The summed E-state index contributed by atoms with van der Waals surface area (Å²) < 4.78 is 5.10. The Bertz CT molecular complexity index is 203. The van der Waals surface area contributed by atoms with E-state index in [0.717, 1.165) is 12.8 Å². The van der Waals surface area contributed by atoms with Crippen molar-refractivity contribution < 1.29 is 9.53 Å². The molecular formula is C8H14N2O2. The molecule has 1 amide bonds. The number of hydrogen-bond acceptors (Lipinski definition) is 3. The maximum atomic E-state index is 11.3. The summed E-state index contributed by atoms with van der Waals surface area (Å²) in [6.45, 7) is 2.43. The summed E-state index contributed by atoms with van der Waals surface area (Å²) in [7, 11) is 0. The summed E-state index contributed by atoms with van der Waals surface area (Å²) in [6.07, 6.45) is 1.96. The van der Waals surface area contributed by atoms with E-state index in [1.165, 1.54) is 0 Å². The van der Waals surface area contributed by atoms with E-state index >= 15 is 0 Å². The molecule has 0 aromatic heterocycles. The summed E-state index contributed by atoms with van der Waals surface area (Å²) in [6, 6.07) is 0.596. The summed E-state index contributed by atoms with van der Waals surface area (Å²) >= 11 is 0. The molecule has 0 aromatic carbocycles. The second-order valence-electron chi connectivity index (χ2n) is 3.54. The molecule has 4 heteroatoms. The molecular weight excluding hydrogens is 156 g/mol. The van der Waals surface area contributed by atoms with E-state index in [-0.39, 0.29) is 18.2 Å².